The van der Waals surface area contributed by atoms with Crippen molar-refractivity contribution in [3.63, 3.8) is 0 Å². The van der Waals surface area contributed by atoms with Gasteiger partial charge in [-0.05, 0) is 44.4 Å². The van der Waals surface area contributed by atoms with Crippen LogP contribution in [0.25, 0.3) is 0 Å². The van der Waals surface area contributed by atoms with Crippen molar-refractivity contribution < 1.29 is 4.79 Å². The topological polar surface area (TPSA) is 40.9 Å². The Labute approximate surface area is 92.7 Å². The number of carbonyl (C=O) groups is 1. The number of rotatable bonds is 3. The zero-order valence-corrected chi connectivity index (χ0v) is 10.0. The Balaban J connectivity index is 2.59. The van der Waals surface area contributed by atoms with Crippen LogP contribution >= 0.6 is 0 Å². The Morgan fingerprint density at radius 2 is 2.00 bits per heavy atom. The normalized spacial score (nSPS) is 31.3. The molecule has 0 aliphatic heterocycles. The summed E-state index contributed by atoms with van der Waals surface area (Å²) in [4.78, 5) is 11.1. The molecule has 0 unspecified atom stereocenters. The van der Waals surface area contributed by atoms with Crippen molar-refractivity contribution >= 4 is 5.78 Å². The predicted octanol–water partition coefficient (Wildman–Crippen LogP) is 3.32. The highest BCUT2D eigenvalue weighted by Gasteiger charge is 2.37. The average Bonchev–Trinajstić information content (AvgIpc) is 2.17. The van der Waals surface area contributed by atoms with E-state index in [0.29, 0.717) is 12.3 Å². The summed E-state index contributed by atoms with van der Waals surface area (Å²) in [5.41, 5.74) is -0.336. The van der Waals surface area contributed by atoms with Crippen LogP contribution in [0.15, 0.2) is 0 Å². The van der Waals surface area contributed by atoms with Crippen LogP contribution in [0, 0.1) is 28.6 Å². The van der Waals surface area contributed by atoms with Crippen molar-refractivity contribution in [2.24, 2.45) is 17.3 Å². The van der Waals surface area contributed by atoms with Crippen LogP contribution in [-0.4, -0.2) is 5.78 Å². The summed E-state index contributed by atoms with van der Waals surface area (Å²) in [6.45, 7) is 6.08. The minimum absolute atomic E-state index is 0.152. The Morgan fingerprint density at radius 1 is 1.47 bits per heavy atom. The van der Waals surface area contributed by atoms with Gasteiger partial charge in [0.25, 0.3) is 0 Å². The fourth-order valence-electron chi connectivity index (χ4n) is 2.66. The molecule has 2 heteroatoms. The monoisotopic (exact) mass is 207 g/mol. The van der Waals surface area contributed by atoms with E-state index in [1.807, 2.05) is 0 Å². The maximum Gasteiger partial charge on any atom is 0.131 e. The fourth-order valence-corrected chi connectivity index (χ4v) is 2.66. The van der Waals surface area contributed by atoms with E-state index in [4.69, 9.17) is 0 Å². The largest absolute Gasteiger partial charge is 0.300 e. The van der Waals surface area contributed by atoms with Crippen LogP contribution in [0.3, 0.4) is 0 Å². The van der Waals surface area contributed by atoms with Crippen LogP contribution in [0.5, 0.6) is 0 Å². The summed E-state index contributed by atoms with van der Waals surface area (Å²) in [6.07, 6.45) is 4.49. The Kier molecular flexibility index (Phi) is 3.90. The standard InChI is InChI=1S/C13H21NO/c1-10(2)12-4-6-13(9-14,7-5-12)8-11(3)15/h10,12H,4-8H2,1-3H3. The molecule has 84 valence electrons. The highest BCUT2D eigenvalue weighted by Crippen LogP contribution is 2.43. The number of nitrogens with zero attached hydrogens (tertiary/aromatic N) is 1. The summed E-state index contributed by atoms with van der Waals surface area (Å²) < 4.78 is 0. The fraction of sp³-hybridized carbons (Fsp3) is 0.846. The van der Waals surface area contributed by atoms with Crippen molar-refractivity contribution in [2.75, 3.05) is 0 Å². The molecule has 0 heterocycles. The van der Waals surface area contributed by atoms with E-state index in [1.54, 1.807) is 6.92 Å². The Morgan fingerprint density at radius 3 is 2.33 bits per heavy atom. The lowest BCUT2D eigenvalue weighted by Gasteiger charge is -2.36. The van der Waals surface area contributed by atoms with Gasteiger partial charge in [-0.3, -0.25) is 4.79 Å². The van der Waals surface area contributed by atoms with Crippen LogP contribution in [0.2, 0.25) is 0 Å². The molecule has 1 rings (SSSR count). The lowest BCUT2D eigenvalue weighted by atomic mass is 9.67. The number of ketones is 1. The third kappa shape index (κ3) is 3.06. The molecule has 0 bridgehead atoms. The second kappa shape index (κ2) is 4.79. The molecule has 0 atom stereocenters. The molecule has 0 saturated heterocycles. The van der Waals surface area contributed by atoms with Crippen molar-refractivity contribution in [3.05, 3.63) is 0 Å². The molecule has 2 nitrogen and oxygen atoms in total. The number of Topliss-reactive ketones (excluding diaryl/α,β-unsaturated/α-hetero) is 1. The molecule has 1 saturated carbocycles. The zero-order valence-electron chi connectivity index (χ0n) is 10.0. The summed E-state index contributed by atoms with van der Waals surface area (Å²) in [7, 11) is 0. The van der Waals surface area contributed by atoms with Gasteiger partial charge in [-0.2, -0.15) is 5.26 Å². The zero-order chi connectivity index (χ0) is 11.5. The maximum absolute atomic E-state index is 11.1. The van der Waals surface area contributed by atoms with Gasteiger partial charge in [0.05, 0.1) is 11.5 Å². The minimum Gasteiger partial charge on any atom is -0.300 e. The van der Waals surface area contributed by atoms with Crippen LogP contribution in [0.1, 0.15) is 52.9 Å². The van der Waals surface area contributed by atoms with E-state index in [9.17, 15) is 10.1 Å². The van der Waals surface area contributed by atoms with E-state index in [0.717, 1.165) is 31.6 Å². The van der Waals surface area contributed by atoms with Crippen molar-refractivity contribution in [2.45, 2.75) is 52.9 Å². The van der Waals surface area contributed by atoms with Gasteiger partial charge in [-0.25, -0.2) is 0 Å². The number of hydrogen-bond acceptors (Lipinski definition) is 2. The van der Waals surface area contributed by atoms with E-state index in [1.165, 1.54) is 0 Å². The number of nitriles is 1. The molecule has 15 heavy (non-hydrogen) atoms. The first-order valence-electron chi connectivity index (χ1n) is 5.90. The average molecular weight is 207 g/mol. The first-order chi connectivity index (χ1) is 6.99. The molecule has 0 spiro atoms. The minimum atomic E-state index is -0.336. The van der Waals surface area contributed by atoms with Gasteiger partial charge in [0, 0.05) is 6.42 Å². The van der Waals surface area contributed by atoms with Gasteiger partial charge in [-0.15, -0.1) is 0 Å². The lowest BCUT2D eigenvalue weighted by molar-refractivity contribution is -0.119. The first kappa shape index (κ1) is 12.2. The highest BCUT2D eigenvalue weighted by molar-refractivity contribution is 5.76. The van der Waals surface area contributed by atoms with Gasteiger partial charge in [-0.1, -0.05) is 13.8 Å². The van der Waals surface area contributed by atoms with Gasteiger partial charge in [0.2, 0.25) is 0 Å². The van der Waals surface area contributed by atoms with E-state index < -0.39 is 0 Å². The molecule has 1 fully saturated rings. The molecule has 0 N–H and O–H groups in total. The number of carbonyl (C=O) groups excluding carboxylic acids is 1. The van der Waals surface area contributed by atoms with Gasteiger partial charge in [0.15, 0.2) is 0 Å². The smallest absolute Gasteiger partial charge is 0.131 e. The molecule has 1 aliphatic carbocycles. The summed E-state index contributed by atoms with van der Waals surface area (Å²) >= 11 is 0. The van der Waals surface area contributed by atoms with E-state index in [2.05, 4.69) is 19.9 Å². The van der Waals surface area contributed by atoms with Crippen molar-refractivity contribution in [3.8, 4) is 6.07 Å². The number of hydrogen-bond donors (Lipinski definition) is 0. The van der Waals surface area contributed by atoms with E-state index in [-0.39, 0.29) is 11.2 Å². The molecule has 1 aliphatic rings. The highest BCUT2D eigenvalue weighted by atomic mass is 16.1. The summed E-state index contributed by atoms with van der Waals surface area (Å²) in [5.74, 6) is 1.61. The summed E-state index contributed by atoms with van der Waals surface area (Å²) in [6, 6.07) is 2.39. The van der Waals surface area contributed by atoms with Gasteiger partial charge >= 0.3 is 0 Å². The Bertz CT molecular complexity index is 267. The second-order valence-electron chi connectivity index (χ2n) is 5.35. The molecular formula is C13H21NO. The van der Waals surface area contributed by atoms with E-state index >= 15 is 0 Å². The molecule has 0 aromatic rings. The summed E-state index contributed by atoms with van der Waals surface area (Å²) in [5, 5.41) is 9.21. The van der Waals surface area contributed by atoms with Crippen LogP contribution < -0.4 is 0 Å². The van der Waals surface area contributed by atoms with Crippen molar-refractivity contribution in [1.29, 1.82) is 5.26 Å². The molecular weight excluding hydrogens is 186 g/mol. The lowest BCUT2D eigenvalue weighted by Crippen LogP contribution is -2.29. The molecule has 0 amide bonds. The molecule has 0 aromatic heterocycles. The first-order valence-corrected chi connectivity index (χ1v) is 5.90. The second-order valence-corrected chi connectivity index (χ2v) is 5.35. The SMILES string of the molecule is CC(=O)CC1(C#N)CCC(C(C)C)CC1. The Hall–Kier alpha value is -0.840. The predicted molar refractivity (Wildman–Crippen MR) is 60.1 cm³/mol. The molecule has 0 radical (unpaired) electrons. The molecule has 0 aromatic carbocycles. The third-order valence-corrected chi connectivity index (χ3v) is 3.75. The van der Waals surface area contributed by atoms with Crippen LogP contribution in [-0.2, 0) is 4.79 Å². The quantitative estimate of drug-likeness (QED) is 0.712. The van der Waals surface area contributed by atoms with Gasteiger partial charge < -0.3 is 0 Å². The van der Waals surface area contributed by atoms with Crippen molar-refractivity contribution in [1.82, 2.24) is 0 Å². The van der Waals surface area contributed by atoms with Gasteiger partial charge in [0.1, 0.15) is 5.78 Å². The van der Waals surface area contributed by atoms with Crippen LogP contribution in [0.4, 0.5) is 0 Å². The maximum atomic E-state index is 11.1. The third-order valence-electron chi connectivity index (χ3n) is 3.75.